The SMILES string of the molecule is O=c1cc(OCC2CCCCC2)ccn1-c1ccc(OCCN2CCCC2)cc1. The van der Waals surface area contributed by atoms with Gasteiger partial charge in [0.2, 0.25) is 0 Å². The Bertz CT molecular complexity index is 819. The minimum absolute atomic E-state index is 0.0751. The molecule has 1 aromatic heterocycles. The molecule has 1 aliphatic carbocycles. The molecule has 0 unspecified atom stereocenters. The van der Waals surface area contributed by atoms with Crippen molar-refractivity contribution in [2.45, 2.75) is 44.9 Å². The minimum Gasteiger partial charge on any atom is -0.493 e. The van der Waals surface area contributed by atoms with Crippen LogP contribution in [0.1, 0.15) is 44.9 Å². The first-order chi connectivity index (χ1) is 14.3. The number of pyridine rings is 1. The van der Waals surface area contributed by atoms with Crippen LogP contribution in [-0.4, -0.2) is 42.3 Å². The van der Waals surface area contributed by atoms with E-state index in [0.717, 1.165) is 18.0 Å². The van der Waals surface area contributed by atoms with Crippen molar-refractivity contribution >= 4 is 0 Å². The lowest BCUT2D eigenvalue weighted by Gasteiger charge is -2.21. The highest BCUT2D eigenvalue weighted by atomic mass is 16.5. The molecule has 0 N–H and O–H groups in total. The zero-order chi connectivity index (χ0) is 19.9. The van der Waals surface area contributed by atoms with Crippen LogP contribution in [0, 0.1) is 5.92 Å². The first-order valence-electron chi connectivity index (χ1n) is 11.1. The summed E-state index contributed by atoms with van der Waals surface area (Å²) in [5.41, 5.74) is 0.759. The van der Waals surface area contributed by atoms with Crippen molar-refractivity contribution in [3.63, 3.8) is 0 Å². The fourth-order valence-electron chi connectivity index (χ4n) is 4.33. The van der Waals surface area contributed by atoms with Crippen molar-refractivity contribution in [3.05, 3.63) is 52.9 Å². The normalized spacial score (nSPS) is 18.1. The summed E-state index contributed by atoms with van der Waals surface area (Å²) in [6.45, 7) is 4.76. The molecule has 2 fully saturated rings. The second-order valence-corrected chi connectivity index (χ2v) is 8.28. The van der Waals surface area contributed by atoms with E-state index in [2.05, 4.69) is 4.90 Å². The van der Waals surface area contributed by atoms with Crippen LogP contribution in [0.2, 0.25) is 0 Å². The van der Waals surface area contributed by atoms with Gasteiger partial charge in [-0.05, 0) is 75.0 Å². The second-order valence-electron chi connectivity index (χ2n) is 8.28. The predicted octanol–water partition coefficient (Wildman–Crippen LogP) is 4.27. The molecule has 1 aliphatic heterocycles. The second kappa shape index (κ2) is 9.97. The Hall–Kier alpha value is -2.27. The van der Waals surface area contributed by atoms with E-state index in [1.54, 1.807) is 16.8 Å². The highest BCUT2D eigenvalue weighted by Gasteiger charge is 2.14. The van der Waals surface area contributed by atoms with Crippen LogP contribution in [-0.2, 0) is 0 Å². The van der Waals surface area contributed by atoms with Crippen LogP contribution >= 0.6 is 0 Å². The third-order valence-corrected chi connectivity index (χ3v) is 6.09. The van der Waals surface area contributed by atoms with E-state index in [9.17, 15) is 4.79 Å². The highest BCUT2D eigenvalue weighted by molar-refractivity contribution is 5.38. The monoisotopic (exact) mass is 396 g/mol. The maximum atomic E-state index is 12.5. The first-order valence-corrected chi connectivity index (χ1v) is 11.1. The van der Waals surface area contributed by atoms with Crippen molar-refractivity contribution in [1.82, 2.24) is 9.47 Å². The molecular weight excluding hydrogens is 364 g/mol. The number of ether oxygens (including phenoxy) is 2. The summed E-state index contributed by atoms with van der Waals surface area (Å²) in [6.07, 6.45) is 10.8. The van der Waals surface area contributed by atoms with Crippen LogP contribution in [0.3, 0.4) is 0 Å². The molecule has 5 nitrogen and oxygen atoms in total. The Morgan fingerprint density at radius 3 is 2.34 bits per heavy atom. The standard InChI is InChI=1S/C24H32N2O3/c27-24-18-23(29-19-20-6-2-1-3-7-20)12-15-26(24)21-8-10-22(11-9-21)28-17-16-25-13-4-5-14-25/h8-12,15,18,20H,1-7,13-14,16-17,19H2. The molecular formula is C24H32N2O3. The molecule has 2 heterocycles. The van der Waals surface area contributed by atoms with Crippen molar-refractivity contribution in [2.24, 2.45) is 5.92 Å². The zero-order valence-corrected chi connectivity index (χ0v) is 17.2. The molecule has 1 saturated carbocycles. The summed E-state index contributed by atoms with van der Waals surface area (Å²) in [5.74, 6) is 2.14. The highest BCUT2D eigenvalue weighted by Crippen LogP contribution is 2.24. The van der Waals surface area contributed by atoms with Gasteiger partial charge in [-0.15, -0.1) is 0 Å². The summed E-state index contributed by atoms with van der Waals surface area (Å²) in [6, 6.07) is 11.2. The van der Waals surface area contributed by atoms with Gasteiger partial charge in [-0.2, -0.15) is 0 Å². The van der Waals surface area contributed by atoms with Gasteiger partial charge >= 0.3 is 0 Å². The zero-order valence-electron chi connectivity index (χ0n) is 17.2. The van der Waals surface area contributed by atoms with E-state index < -0.39 is 0 Å². The van der Waals surface area contributed by atoms with Crippen molar-refractivity contribution in [2.75, 3.05) is 32.8 Å². The maximum absolute atomic E-state index is 12.5. The molecule has 1 saturated heterocycles. The molecule has 0 atom stereocenters. The molecule has 29 heavy (non-hydrogen) atoms. The number of nitrogens with zero attached hydrogens (tertiary/aromatic N) is 2. The number of aromatic nitrogens is 1. The fourth-order valence-corrected chi connectivity index (χ4v) is 4.33. The van der Waals surface area contributed by atoms with E-state index in [1.807, 2.05) is 30.3 Å². The minimum atomic E-state index is -0.0751. The number of benzene rings is 1. The average molecular weight is 397 g/mol. The summed E-state index contributed by atoms with van der Waals surface area (Å²) >= 11 is 0. The molecule has 0 amide bonds. The Morgan fingerprint density at radius 1 is 0.862 bits per heavy atom. The lowest BCUT2D eigenvalue weighted by Crippen LogP contribution is -2.25. The molecule has 4 rings (SSSR count). The number of likely N-dealkylation sites (tertiary alicyclic amines) is 1. The van der Waals surface area contributed by atoms with Crippen LogP contribution < -0.4 is 15.0 Å². The Morgan fingerprint density at radius 2 is 1.62 bits per heavy atom. The van der Waals surface area contributed by atoms with Gasteiger partial charge in [0.05, 0.1) is 6.61 Å². The van der Waals surface area contributed by atoms with Crippen LogP contribution in [0.4, 0.5) is 0 Å². The largest absolute Gasteiger partial charge is 0.493 e. The van der Waals surface area contributed by atoms with Crippen LogP contribution in [0.15, 0.2) is 47.4 Å². The van der Waals surface area contributed by atoms with Gasteiger partial charge in [0.15, 0.2) is 0 Å². The fraction of sp³-hybridized carbons (Fsp3) is 0.542. The molecule has 1 aromatic carbocycles. The quantitative estimate of drug-likeness (QED) is 0.668. The van der Waals surface area contributed by atoms with Gasteiger partial charge in [-0.3, -0.25) is 14.3 Å². The van der Waals surface area contributed by atoms with Crippen molar-refractivity contribution in [1.29, 1.82) is 0 Å². The molecule has 2 aliphatic rings. The lowest BCUT2D eigenvalue weighted by atomic mass is 9.90. The predicted molar refractivity (Wildman–Crippen MR) is 115 cm³/mol. The number of rotatable bonds is 8. The third kappa shape index (κ3) is 5.63. The van der Waals surface area contributed by atoms with Crippen LogP contribution in [0.25, 0.3) is 5.69 Å². The molecule has 2 aromatic rings. The van der Waals surface area contributed by atoms with Crippen molar-refractivity contribution in [3.8, 4) is 17.2 Å². The smallest absolute Gasteiger partial charge is 0.258 e. The first kappa shape index (κ1) is 20.0. The van der Waals surface area contributed by atoms with Gasteiger partial charge in [0.1, 0.15) is 18.1 Å². The van der Waals surface area contributed by atoms with E-state index in [1.165, 1.54) is 58.0 Å². The summed E-state index contributed by atoms with van der Waals surface area (Å²) in [4.78, 5) is 15.0. The van der Waals surface area contributed by atoms with E-state index in [0.29, 0.717) is 24.9 Å². The average Bonchev–Trinajstić information content (AvgIpc) is 3.27. The number of hydrogen-bond donors (Lipinski definition) is 0. The van der Waals surface area contributed by atoms with E-state index in [4.69, 9.17) is 9.47 Å². The van der Waals surface area contributed by atoms with E-state index in [-0.39, 0.29) is 5.56 Å². The molecule has 0 radical (unpaired) electrons. The van der Waals surface area contributed by atoms with Gasteiger partial charge in [-0.25, -0.2) is 0 Å². The van der Waals surface area contributed by atoms with Gasteiger partial charge in [0, 0.05) is 24.5 Å². The maximum Gasteiger partial charge on any atom is 0.258 e. The summed E-state index contributed by atoms with van der Waals surface area (Å²) in [5, 5.41) is 0. The Balaban J connectivity index is 1.30. The summed E-state index contributed by atoms with van der Waals surface area (Å²) < 4.78 is 13.4. The summed E-state index contributed by atoms with van der Waals surface area (Å²) in [7, 11) is 0. The van der Waals surface area contributed by atoms with Gasteiger partial charge in [0.25, 0.3) is 5.56 Å². The Kier molecular flexibility index (Phi) is 6.88. The van der Waals surface area contributed by atoms with E-state index >= 15 is 0 Å². The third-order valence-electron chi connectivity index (χ3n) is 6.09. The number of hydrogen-bond acceptors (Lipinski definition) is 4. The molecule has 5 heteroatoms. The molecule has 0 bridgehead atoms. The van der Waals surface area contributed by atoms with Gasteiger partial charge in [-0.1, -0.05) is 19.3 Å². The topological polar surface area (TPSA) is 43.7 Å². The van der Waals surface area contributed by atoms with Gasteiger partial charge < -0.3 is 9.47 Å². The van der Waals surface area contributed by atoms with Crippen molar-refractivity contribution < 1.29 is 9.47 Å². The Labute approximate surface area is 173 Å². The lowest BCUT2D eigenvalue weighted by molar-refractivity contribution is 0.208. The molecule has 0 spiro atoms. The molecule has 156 valence electrons. The van der Waals surface area contributed by atoms with Crippen LogP contribution in [0.5, 0.6) is 11.5 Å².